The lowest BCUT2D eigenvalue weighted by Gasteiger charge is -2.26. The average molecular weight is 405 g/mol. The molecule has 0 amide bonds. The predicted octanol–water partition coefficient (Wildman–Crippen LogP) is 4.58. The Kier molecular flexibility index (Phi) is 6.12. The summed E-state index contributed by atoms with van der Waals surface area (Å²) < 4.78 is 13.2. The number of nitrogens with zero attached hydrogens (tertiary/aromatic N) is 5. The van der Waals surface area contributed by atoms with E-state index >= 15 is 0 Å². The highest BCUT2D eigenvalue weighted by Crippen LogP contribution is 2.20. The van der Waals surface area contributed by atoms with Gasteiger partial charge in [-0.05, 0) is 56.0 Å². The Bertz CT molecular complexity index is 1000. The first-order chi connectivity index (χ1) is 14.7. The Morgan fingerprint density at radius 1 is 0.900 bits per heavy atom. The van der Waals surface area contributed by atoms with Crippen molar-refractivity contribution < 1.29 is 4.39 Å². The summed E-state index contributed by atoms with van der Waals surface area (Å²) in [5, 5.41) is 7.60. The van der Waals surface area contributed by atoms with Gasteiger partial charge >= 0.3 is 0 Å². The van der Waals surface area contributed by atoms with Crippen LogP contribution in [0.25, 0.3) is 0 Å². The average Bonchev–Trinajstić information content (AvgIpc) is 2.79. The second-order valence-corrected chi connectivity index (χ2v) is 7.14. The summed E-state index contributed by atoms with van der Waals surface area (Å²) in [7, 11) is 0. The van der Waals surface area contributed by atoms with Crippen molar-refractivity contribution in [3.05, 3.63) is 66.0 Å². The fourth-order valence-corrected chi connectivity index (χ4v) is 3.25. The van der Waals surface area contributed by atoms with Crippen molar-refractivity contribution >= 4 is 29.2 Å². The van der Waals surface area contributed by atoms with Crippen LogP contribution in [0, 0.1) is 5.82 Å². The van der Waals surface area contributed by atoms with Gasteiger partial charge in [-0.25, -0.2) is 9.82 Å². The Labute approximate surface area is 175 Å². The third kappa shape index (κ3) is 5.08. The molecule has 2 N–H and O–H groups in total. The highest BCUT2D eigenvalue weighted by atomic mass is 19.1. The smallest absolute Gasteiger partial charge is 0.250 e. The van der Waals surface area contributed by atoms with Crippen molar-refractivity contribution in [2.75, 3.05) is 28.7 Å². The number of hydrogen-bond acceptors (Lipinski definition) is 7. The molecule has 7 nitrogen and oxygen atoms in total. The summed E-state index contributed by atoms with van der Waals surface area (Å²) in [4.78, 5) is 15.8. The minimum absolute atomic E-state index is 0.278. The number of rotatable bonds is 6. The van der Waals surface area contributed by atoms with E-state index in [0.717, 1.165) is 37.2 Å². The second kappa shape index (κ2) is 9.30. The SMILES string of the molecule is C/C(=N/Nc1nc(Nc2ccccc2)nc(N2CCCCC2)n1)c1ccc(F)cc1. The topological polar surface area (TPSA) is 78.3 Å². The maximum absolute atomic E-state index is 13.2. The molecule has 0 spiro atoms. The van der Waals surface area contributed by atoms with Crippen molar-refractivity contribution in [2.24, 2.45) is 5.10 Å². The van der Waals surface area contributed by atoms with Gasteiger partial charge in [0.25, 0.3) is 0 Å². The summed E-state index contributed by atoms with van der Waals surface area (Å²) in [6, 6.07) is 16.0. The molecule has 154 valence electrons. The number of aromatic nitrogens is 3. The molecule has 0 radical (unpaired) electrons. The standard InChI is InChI=1S/C22H24FN7/c1-16(17-10-12-18(23)13-11-17)28-29-21-25-20(24-19-8-4-2-5-9-19)26-22(27-21)30-14-6-3-7-15-30/h2,4-5,8-13H,3,6-7,14-15H2,1H3,(H2,24,25,26,27,29)/b28-16-. The minimum atomic E-state index is -0.278. The van der Waals surface area contributed by atoms with Gasteiger partial charge in [0, 0.05) is 18.8 Å². The maximum Gasteiger partial charge on any atom is 0.250 e. The number of para-hydroxylation sites is 1. The van der Waals surface area contributed by atoms with E-state index in [4.69, 9.17) is 0 Å². The fourth-order valence-electron chi connectivity index (χ4n) is 3.25. The molecule has 1 aliphatic heterocycles. The molecule has 0 bridgehead atoms. The Hall–Kier alpha value is -3.55. The molecule has 30 heavy (non-hydrogen) atoms. The largest absolute Gasteiger partial charge is 0.341 e. The molecule has 8 heteroatoms. The lowest BCUT2D eigenvalue weighted by molar-refractivity contribution is 0.568. The molecule has 3 aromatic rings. The molecule has 1 aliphatic rings. The molecular weight excluding hydrogens is 381 g/mol. The van der Waals surface area contributed by atoms with E-state index in [9.17, 15) is 4.39 Å². The summed E-state index contributed by atoms with van der Waals surface area (Å²) in [6.45, 7) is 3.69. The number of benzene rings is 2. The van der Waals surface area contributed by atoms with Gasteiger partial charge in [-0.3, -0.25) is 0 Å². The third-order valence-electron chi connectivity index (χ3n) is 4.88. The van der Waals surface area contributed by atoms with Crippen LogP contribution in [0.3, 0.4) is 0 Å². The van der Waals surface area contributed by atoms with Gasteiger partial charge in [0.15, 0.2) is 0 Å². The van der Waals surface area contributed by atoms with Gasteiger partial charge in [-0.1, -0.05) is 30.3 Å². The van der Waals surface area contributed by atoms with E-state index < -0.39 is 0 Å². The first kappa shape index (κ1) is 19.8. The van der Waals surface area contributed by atoms with Gasteiger partial charge < -0.3 is 10.2 Å². The van der Waals surface area contributed by atoms with Gasteiger partial charge in [-0.15, -0.1) is 0 Å². The van der Waals surface area contributed by atoms with Crippen LogP contribution >= 0.6 is 0 Å². The van der Waals surface area contributed by atoms with Crippen LogP contribution < -0.4 is 15.6 Å². The Morgan fingerprint density at radius 3 is 2.33 bits per heavy atom. The third-order valence-corrected chi connectivity index (χ3v) is 4.88. The molecule has 2 aromatic carbocycles. The van der Waals surface area contributed by atoms with E-state index in [1.54, 1.807) is 12.1 Å². The van der Waals surface area contributed by atoms with Gasteiger partial charge in [-0.2, -0.15) is 20.1 Å². The second-order valence-electron chi connectivity index (χ2n) is 7.14. The number of halogens is 1. The molecule has 2 heterocycles. The van der Waals surface area contributed by atoms with E-state index in [-0.39, 0.29) is 5.82 Å². The van der Waals surface area contributed by atoms with Gasteiger partial charge in [0.05, 0.1) is 5.71 Å². The molecule has 0 saturated carbocycles. The fraction of sp³-hybridized carbons (Fsp3) is 0.273. The lowest BCUT2D eigenvalue weighted by atomic mass is 10.1. The molecule has 1 saturated heterocycles. The Morgan fingerprint density at radius 2 is 1.60 bits per heavy atom. The molecule has 1 aromatic heterocycles. The summed E-state index contributed by atoms with van der Waals surface area (Å²) in [5.41, 5.74) is 5.34. The maximum atomic E-state index is 13.2. The van der Waals surface area contributed by atoms with Crippen LogP contribution in [0.4, 0.5) is 27.9 Å². The van der Waals surface area contributed by atoms with E-state index in [1.807, 2.05) is 37.3 Å². The molecule has 4 rings (SSSR count). The molecular formula is C22H24FN7. The molecule has 0 unspecified atom stereocenters. The normalized spacial score (nSPS) is 14.5. The van der Waals surface area contributed by atoms with E-state index in [2.05, 4.69) is 35.7 Å². The van der Waals surface area contributed by atoms with Crippen LogP contribution in [0.15, 0.2) is 59.7 Å². The summed E-state index contributed by atoms with van der Waals surface area (Å²) >= 11 is 0. The number of anilines is 4. The molecule has 1 fully saturated rings. The van der Waals surface area contributed by atoms with Crippen molar-refractivity contribution in [1.29, 1.82) is 0 Å². The minimum Gasteiger partial charge on any atom is -0.341 e. The number of hydrazone groups is 1. The Balaban J connectivity index is 1.59. The number of hydrogen-bond donors (Lipinski definition) is 2. The quantitative estimate of drug-likeness (QED) is 0.462. The zero-order valence-corrected chi connectivity index (χ0v) is 16.8. The van der Waals surface area contributed by atoms with Gasteiger partial charge in [0.2, 0.25) is 17.8 Å². The summed E-state index contributed by atoms with van der Waals surface area (Å²) in [5.74, 6) is 1.15. The zero-order chi connectivity index (χ0) is 20.8. The molecule has 0 atom stereocenters. The van der Waals surface area contributed by atoms with Crippen molar-refractivity contribution in [2.45, 2.75) is 26.2 Å². The van der Waals surface area contributed by atoms with Crippen LogP contribution in [-0.4, -0.2) is 33.8 Å². The first-order valence-electron chi connectivity index (χ1n) is 10.1. The lowest BCUT2D eigenvalue weighted by Crippen LogP contribution is -2.31. The zero-order valence-electron chi connectivity index (χ0n) is 16.8. The number of piperidine rings is 1. The number of nitrogens with one attached hydrogen (secondary N) is 2. The summed E-state index contributed by atoms with van der Waals surface area (Å²) in [6.07, 6.45) is 3.47. The van der Waals surface area contributed by atoms with Gasteiger partial charge in [0.1, 0.15) is 5.82 Å². The first-order valence-corrected chi connectivity index (χ1v) is 10.1. The monoisotopic (exact) mass is 405 g/mol. The van der Waals surface area contributed by atoms with Crippen LogP contribution in [0.5, 0.6) is 0 Å². The molecule has 0 aliphatic carbocycles. The van der Waals surface area contributed by atoms with Crippen molar-refractivity contribution in [3.63, 3.8) is 0 Å². The highest BCUT2D eigenvalue weighted by molar-refractivity contribution is 5.98. The van der Waals surface area contributed by atoms with Crippen LogP contribution in [0.2, 0.25) is 0 Å². The van der Waals surface area contributed by atoms with E-state index in [1.165, 1.54) is 18.6 Å². The van der Waals surface area contributed by atoms with E-state index in [0.29, 0.717) is 23.6 Å². The van der Waals surface area contributed by atoms with Crippen molar-refractivity contribution in [1.82, 2.24) is 15.0 Å². The highest BCUT2D eigenvalue weighted by Gasteiger charge is 2.16. The van der Waals surface area contributed by atoms with Crippen molar-refractivity contribution in [3.8, 4) is 0 Å². The van der Waals surface area contributed by atoms with Crippen LogP contribution in [-0.2, 0) is 0 Å². The van der Waals surface area contributed by atoms with Crippen LogP contribution in [0.1, 0.15) is 31.7 Å². The predicted molar refractivity (Wildman–Crippen MR) is 118 cm³/mol.